The summed E-state index contributed by atoms with van der Waals surface area (Å²) in [5.41, 5.74) is 3.15. The molecule has 0 aliphatic carbocycles. The average molecular weight is 331 g/mol. The fourth-order valence-corrected chi connectivity index (χ4v) is 3.24. The summed E-state index contributed by atoms with van der Waals surface area (Å²) in [7, 11) is 0. The Bertz CT molecular complexity index is 631. The first-order valence-corrected chi connectivity index (χ1v) is 8.46. The quantitative estimate of drug-likeness (QED) is 0.746. The maximum atomic E-state index is 10.4. The number of nitrogens with zero attached hydrogens (tertiary/aromatic N) is 2. The van der Waals surface area contributed by atoms with Crippen molar-refractivity contribution in [3.63, 3.8) is 0 Å². The van der Waals surface area contributed by atoms with Crippen molar-refractivity contribution in [3.8, 4) is 11.3 Å². The number of H-pyrrole nitrogens is 1. The molecule has 0 bridgehead atoms. The molecule has 3 rings (SSSR count). The Morgan fingerprint density at radius 1 is 1.25 bits per heavy atom. The predicted octanol–water partition coefficient (Wildman–Crippen LogP) is 1.41. The predicted molar refractivity (Wildman–Crippen MR) is 91.3 cm³/mol. The first kappa shape index (κ1) is 17.1. The lowest BCUT2D eigenvalue weighted by Crippen LogP contribution is -2.55. The maximum Gasteiger partial charge on any atom is 0.105 e. The third-order valence-corrected chi connectivity index (χ3v) is 4.50. The van der Waals surface area contributed by atoms with Crippen molar-refractivity contribution in [1.82, 2.24) is 15.1 Å². The minimum absolute atomic E-state index is 0.193. The van der Waals surface area contributed by atoms with Gasteiger partial charge in [-0.15, -0.1) is 0 Å². The minimum Gasteiger partial charge on any atom is -0.389 e. The lowest BCUT2D eigenvalue weighted by Gasteiger charge is -2.39. The van der Waals surface area contributed by atoms with E-state index in [1.807, 2.05) is 36.5 Å². The SMILES string of the molecule is CCCN(Cc1cn[nH]c1-c1ccccc1)[C@@H]1COC[C@@H](O)[C@H]1O. The van der Waals surface area contributed by atoms with Crippen molar-refractivity contribution in [2.24, 2.45) is 0 Å². The molecule has 6 nitrogen and oxygen atoms in total. The standard InChI is InChI=1S/C18H25N3O3/c1-2-8-21(15-11-24-12-16(22)18(15)23)10-14-9-19-20-17(14)13-6-4-3-5-7-13/h3-7,9,15-16,18,22-23H,2,8,10-12H2,1H3,(H,19,20)/t15-,16-,18+/m1/s1. The van der Waals surface area contributed by atoms with E-state index in [4.69, 9.17) is 4.74 Å². The van der Waals surface area contributed by atoms with Crippen LogP contribution in [-0.2, 0) is 11.3 Å². The zero-order valence-electron chi connectivity index (χ0n) is 13.9. The highest BCUT2D eigenvalue weighted by molar-refractivity contribution is 5.62. The number of benzene rings is 1. The molecule has 2 aromatic rings. The lowest BCUT2D eigenvalue weighted by atomic mass is 10.0. The van der Waals surface area contributed by atoms with Gasteiger partial charge in [-0.25, -0.2) is 0 Å². The average Bonchev–Trinajstić information content (AvgIpc) is 3.06. The van der Waals surface area contributed by atoms with Crippen LogP contribution in [0.25, 0.3) is 11.3 Å². The summed E-state index contributed by atoms with van der Waals surface area (Å²) < 4.78 is 5.45. The van der Waals surface area contributed by atoms with Gasteiger partial charge in [0.1, 0.15) is 6.10 Å². The van der Waals surface area contributed by atoms with E-state index < -0.39 is 12.2 Å². The fourth-order valence-electron chi connectivity index (χ4n) is 3.24. The summed E-state index contributed by atoms with van der Waals surface area (Å²) in [6.07, 6.45) is 1.16. The van der Waals surface area contributed by atoms with Crippen LogP contribution in [-0.4, -0.2) is 63.3 Å². The molecule has 3 atom stereocenters. The van der Waals surface area contributed by atoms with Crippen molar-refractivity contribution in [2.45, 2.75) is 38.1 Å². The second kappa shape index (κ2) is 7.90. The molecule has 0 unspecified atom stereocenters. The summed E-state index contributed by atoms with van der Waals surface area (Å²) in [5.74, 6) is 0. The molecule has 1 aliphatic rings. The lowest BCUT2D eigenvalue weighted by molar-refractivity contribution is -0.134. The van der Waals surface area contributed by atoms with Crippen LogP contribution in [0.1, 0.15) is 18.9 Å². The van der Waals surface area contributed by atoms with Crippen LogP contribution >= 0.6 is 0 Å². The number of hydrogen-bond donors (Lipinski definition) is 3. The second-order valence-corrected chi connectivity index (χ2v) is 6.27. The van der Waals surface area contributed by atoms with E-state index in [9.17, 15) is 10.2 Å². The van der Waals surface area contributed by atoms with Crippen LogP contribution in [0.5, 0.6) is 0 Å². The summed E-state index contributed by atoms with van der Waals surface area (Å²) in [6.45, 7) is 4.19. The van der Waals surface area contributed by atoms with Gasteiger partial charge < -0.3 is 14.9 Å². The van der Waals surface area contributed by atoms with E-state index in [0.717, 1.165) is 29.8 Å². The molecule has 0 radical (unpaired) electrons. The van der Waals surface area contributed by atoms with Crippen LogP contribution in [0.15, 0.2) is 36.5 Å². The number of hydrogen-bond acceptors (Lipinski definition) is 5. The second-order valence-electron chi connectivity index (χ2n) is 6.27. The van der Waals surface area contributed by atoms with Gasteiger partial charge in [0, 0.05) is 12.1 Å². The van der Waals surface area contributed by atoms with Crippen molar-refractivity contribution in [1.29, 1.82) is 0 Å². The normalized spacial score (nSPS) is 24.4. The Morgan fingerprint density at radius 2 is 2.04 bits per heavy atom. The van der Waals surface area contributed by atoms with E-state index >= 15 is 0 Å². The molecule has 3 N–H and O–H groups in total. The van der Waals surface area contributed by atoms with Crippen LogP contribution in [0.3, 0.4) is 0 Å². The summed E-state index contributed by atoms with van der Waals surface area (Å²) in [5, 5.41) is 27.5. The van der Waals surface area contributed by atoms with Crippen LogP contribution < -0.4 is 0 Å². The third kappa shape index (κ3) is 3.67. The molecule has 6 heteroatoms. The van der Waals surface area contributed by atoms with Gasteiger partial charge in [-0.2, -0.15) is 5.10 Å². The molecule has 2 heterocycles. The molecule has 1 aromatic heterocycles. The fraction of sp³-hybridized carbons (Fsp3) is 0.500. The van der Waals surface area contributed by atoms with Crippen molar-refractivity contribution < 1.29 is 14.9 Å². The van der Waals surface area contributed by atoms with Crippen LogP contribution in [0, 0.1) is 0 Å². The molecule has 0 spiro atoms. The van der Waals surface area contributed by atoms with Gasteiger partial charge in [0.15, 0.2) is 0 Å². The summed E-state index contributed by atoms with van der Waals surface area (Å²) in [4.78, 5) is 2.17. The van der Waals surface area contributed by atoms with E-state index in [2.05, 4.69) is 22.0 Å². The highest BCUT2D eigenvalue weighted by Gasteiger charge is 2.35. The summed E-state index contributed by atoms with van der Waals surface area (Å²) in [6, 6.07) is 9.86. The third-order valence-electron chi connectivity index (χ3n) is 4.50. The van der Waals surface area contributed by atoms with Crippen molar-refractivity contribution >= 4 is 0 Å². The van der Waals surface area contributed by atoms with E-state index in [-0.39, 0.29) is 12.6 Å². The highest BCUT2D eigenvalue weighted by atomic mass is 16.5. The van der Waals surface area contributed by atoms with Gasteiger partial charge >= 0.3 is 0 Å². The molecule has 0 amide bonds. The zero-order chi connectivity index (χ0) is 16.9. The van der Waals surface area contributed by atoms with Crippen molar-refractivity contribution in [2.75, 3.05) is 19.8 Å². The van der Waals surface area contributed by atoms with Gasteiger partial charge in [-0.1, -0.05) is 37.3 Å². The molecule has 130 valence electrons. The molecule has 1 saturated heterocycles. The van der Waals surface area contributed by atoms with Gasteiger partial charge in [0.25, 0.3) is 0 Å². The number of nitrogens with one attached hydrogen (secondary N) is 1. The smallest absolute Gasteiger partial charge is 0.105 e. The zero-order valence-corrected chi connectivity index (χ0v) is 13.9. The first-order chi connectivity index (χ1) is 11.7. The molecule has 24 heavy (non-hydrogen) atoms. The Hall–Kier alpha value is -1.73. The number of ether oxygens (including phenoxy) is 1. The number of aliphatic hydroxyl groups excluding tert-OH is 2. The summed E-state index contributed by atoms with van der Waals surface area (Å²) >= 11 is 0. The number of aliphatic hydroxyl groups is 2. The minimum atomic E-state index is -0.832. The number of rotatable bonds is 6. The van der Waals surface area contributed by atoms with Gasteiger partial charge in [0.05, 0.1) is 37.3 Å². The van der Waals surface area contributed by atoms with E-state index in [1.54, 1.807) is 0 Å². The monoisotopic (exact) mass is 331 g/mol. The maximum absolute atomic E-state index is 10.4. The van der Waals surface area contributed by atoms with E-state index in [1.165, 1.54) is 0 Å². The van der Waals surface area contributed by atoms with Crippen molar-refractivity contribution in [3.05, 3.63) is 42.1 Å². The van der Waals surface area contributed by atoms with Gasteiger partial charge in [-0.3, -0.25) is 10.00 Å². The highest BCUT2D eigenvalue weighted by Crippen LogP contribution is 2.24. The molecule has 1 aromatic carbocycles. The molecule has 1 fully saturated rings. The molecular weight excluding hydrogens is 306 g/mol. The Balaban J connectivity index is 1.81. The Morgan fingerprint density at radius 3 is 2.79 bits per heavy atom. The molecular formula is C18H25N3O3. The number of aromatic amines is 1. The van der Waals surface area contributed by atoms with Gasteiger partial charge in [0.2, 0.25) is 0 Å². The van der Waals surface area contributed by atoms with Gasteiger partial charge in [-0.05, 0) is 18.5 Å². The topological polar surface area (TPSA) is 81.6 Å². The largest absolute Gasteiger partial charge is 0.389 e. The van der Waals surface area contributed by atoms with E-state index in [0.29, 0.717) is 13.2 Å². The van der Waals surface area contributed by atoms with Crippen LogP contribution in [0.2, 0.25) is 0 Å². The van der Waals surface area contributed by atoms with Crippen LogP contribution in [0.4, 0.5) is 0 Å². The Labute approximate surface area is 142 Å². The molecule has 0 saturated carbocycles. The number of aromatic nitrogens is 2. The Kier molecular flexibility index (Phi) is 5.63. The first-order valence-electron chi connectivity index (χ1n) is 8.46. The molecule has 1 aliphatic heterocycles.